The van der Waals surface area contributed by atoms with Crippen molar-refractivity contribution in [3.8, 4) is 12.1 Å². The lowest BCUT2D eigenvalue weighted by Crippen LogP contribution is -2.41. The quantitative estimate of drug-likeness (QED) is 0.0469. The number of nitriles is 2. The maximum atomic E-state index is 13.8. The number of anilines is 2. The van der Waals surface area contributed by atoms with Gasteiger partial charge in [-0.3, -0.25) is 42.9 Å². The smallest absolute Gasteiger partial charge is 0.390 e. The van der Waals surface area contributed by atoms with Crippen molar-refractivity contribution >= 4 is 31.5 Å². The molecule has 4 heterocycles. The van der Waals surface area contributed by atoms with E-state index >= 15 is 0 Å². The average molecular weight is 889 g/mol. The van der Waals surface area contributed by atoms with Gasteiger partial charge in [0.2, 0.25) is 11.9 Å². The van der Waals surface area contributed by atoms with E-state index in [0.29, 0.717) is 11.1 Å². The lowest BCUT2D eigenvalue weighted by atomic mass is 10.1. The minimum absolute atomic E-state index is 0.0854. The van der Waals surface area contributed by atoms with E-state index in [0.717, 1.165) is 21.8 Å². The number of ether oxygens (including phenoxy) is 4. The number of aromatic nitrogens is 6. The van der Waals surface area contributed by atoms with E-state index in [-0.39, 0.29) is 57.4 Å². The van der Waals surface area contributed by atoms with Crippen molar-refractivity contribution < 1.29 is 51.8 Å². The van der Waals surface area contributed by atoms with Gasteiger partial charge >= 0.3 is 19.2 Å². The summed E-state index contributed by atoms with van der Waals surface area (Å²) in [6, 6.07) is 20.2. The van der Waals surface area contributed by atoms with E-state index < -0.39 is 80.8 Å². The number of amides is 2. The molecule has 3 N–H and O–H groups in total. The number of aliphatic hydroxyl groups excluding tert-OH is 1. The van der Waals surface area contributed by atoms with Gasteiger partial charge in [-0.25, -0.2) is 24.1 Å². The summed E-state index contributed by atoms with van der Waals surface area (Å²) < 4.78 is 56.6. The van der Waals surface area contributed by atoms with Crippen LogP contribution in [0.3, 0.4) is 0 Å². The third kappa shape index (κ3) is 12.4. The summed E-state index contributed by atoms with van der Waals surface area (Å²) in [5.74, 6) is -1.64. The number of hydrogen-bond donors (Lipinski definition) is 3. The van der Waals surface area contributed by atoms with E-state index in [9.17, 15) is 34.1 Å². The maximum Gasteiger partial charge on any atom is 0.475 e. The maximum absolute atomic E-state index is 13.8. The molecule has 0 saturated carbocycles. The standard InChI is InChI=1S/C39H41N10O13P/c1-2-17-58-63(55,59-19-10-16-41)62-28-21-31(49-24-43-37(47-39(49)54)45-34(52)26-13-7-4-8-14-26)60-29(28)22-57-35(56-18-9-15-40)32-27(50)20-30(61-32)48-23-42-36(46-38(48)53)44-33(51)25-11-5-3-6-12-25/h2-8,11-14,23-24,27-32,35,50H,1,9-10,17-22H2,(H,44,46,51,53)(H,45,47,52,54)/t27-,28-,29+,30+,31+,32-,35?,63?/m0/s1. The topological polar surface area (TPSA) is 303 Å². The van der Waals surface area contributed by atoms with Crippen LogP contribution >= 0.6 is 7.82 Å². The number of rotatable bonds is 21. The normalized spacial score (nSPS) is 22.0. The third-order valence-corrected chi connectivity index (χ3v) is 10.7. The summed E-state index contributed by atoms with van der Waals surface area (Å²) in [7, 11) is -4.43. The van der Waals surface area contributed by atoms with Gasteiger partial charge in [-0.15, -0.1) is 6.58 Å². The molecule has 2 amide bonds. The number of hydrogen-bond acceptors (Lipinski definition) is 19. The minimum Gasteiger partial charge on any atom is -0.390 e. The molecular weight excluding hydrogens is 847 g/mol. The predicted molar refractivity (Wildman–Crippen MR) is 215 cm³/mol. The Balaban J connectivity index is 1.19. The van der Waals surface area contributed by atoms with Crippen molar-refractivity contribution in [3.05, 3.63) is 118 Å². The fraction of sp³-hybridized carbons (Fsp3) is 0.385. The number of phosphoric acid groups is 1. The fourth-order valence-electron chi connectivity index (χ4n) is 6.21. The molecule has 2 unspecified atom stereocenters. The van der Waals surface area contributed by atoms with Crippen molar-refractivity contribution in [2.75, 3.05) is 37.1 Å². The van der Waals surface area contributed by atoms with Crippen LogP contribution in [0.4, 0.5) is 11.9 Å². The first-order valence-corrected chi connectivity index (χ1v) is 20.7. The molecule has 2 aromatic carbocycles. The molecule has 23 nitrogen and oxygen atoms in total. The van der Waals surface area contributed by atoms with E-state index in [1.807, 2.05) is 12.1 Å². The lowest BCUT2D eigenvalue weighted by molar-refractivity contribution is -0.232. The van der Waals surface area contributed by atoms with Gasteiger partial charge in [0, 0.05) is 24.0 Å². The highest BCUT2D eigenvalue weighted by atomic mass is 31.2. The van der Waals surface area contributed by atoms with Crippen molar-refractivity contribution in [2.45, 2.75) is 68.8 Å². The second-order valence-electron chi connectivity index (χ2n) is 13.5. The van der Waals surface area contributed by atoms with Crippen molar-refractivity contribution in [2.24, 2.45) is 0 Å². The van der Waals surface area contributed by atoms with Crippen LogP contribution in [0, 0.1) is 22.7 Å². The Labute approximate surface area is 358 Å². The molecule has 6 rings (SSSR count). The number of phosphoric ester groups is 1. The van der Waals surface area contributed by atoms with Gasteiger partial charge in [-0.05, 0) is 24.3 Å². The summed E-state index contributed by atoms with van der Waals surface area (Å²) >= 11 is 0. The number of nitrogens with zero attached hydrogens (tertiary/aromatic N) is 8. The van der Waals surface area contributed by atoms with Gasteiger partial charge < -0.3 is 24.1 Å². The lowest BCUT2D eigenvalue weighted by Gasteiger charge is -2.28. The van der Waals surface area contributed by atoms with E-state index in [1.54, 1.807) is 60.7 Å². The van der Waals surface area contributed by atoms with Crippen LogP contribution in [0.15, 0.2) is 95.6 Å². The van der Waals surface area contributed by atoms with Crippen LogP contribution < -0.4 is 22.0 Å². The summed E-state index contributed by atoms with van der Waals surface area (Å²) in [6.45, 7) is 2.33. The largest absolute Gasteiger partial charge is 0.475 e. The zero-order chi connectivity index (χ0) is 44.8. The Kier molecular flexibility index (Phi) is 16.2. The highest BCUT2D eigenvalue weighted by Gasteiger charge is 2.46. The molecule has 2 fully saturated rings. The van der Waals surface area contributed by atoms with Crippen LogP contribution in [-0.4, -0.2) is 103 Å². The molecule has 2 aliphatic heterocycles. The van der Waals surface area contributed by atoms with Crippen molar-refractivity contribution in [3.63, 3.8) is 0 Å². The van der Waals surface area contributed by atoms with Gasteiger partial charge in [0.1, 0.15) is 43.4 Å². The number of benzene rings is 2. The highest BCUT2D eigenvalue weighted by Crippen LogP contribution is 2.53. The first-order valence-electron chi connectivity index (χ1n) is 19.3. The highest BCUT2D eigenvalue weighted by molar-refractivity contribution is 7.48. The molecule has 24 heteroatoms. The summed E-state index contributed by atoms with van der Waals surface area (Å²) in [4.78, 5) is 67.5. The van der Waals surface area contributed by atoms with Crippen LogP contribution in [0.25, 0.3) is 0 Å². The second-order valence-corrected chi connectivity index (χ2v) is 15.1. The van der Waals surface area contributed by atoms with Crippen LogP contribution in [0.1, 0.15) is 58.9 Å². The molecule has 330 valence electrons. The first kappa shape index (κ1) is 46.1. The Morgan fingerprint density at radius 1 is 0.857 bits per heavy atom. The van der Waals surface area contributed by atoms with Gasteiger partial charge in [0.15, 0.2) is 6.29 Å². The molecule has 0 aliphatic carbocycles. The Hall–Kier alpha value is -6.37. The Bertz CT molecular complexity index is 2460. The fourth-order valence-corrected chi connectivity index (χ4v) is 7.57. The van der Waals surface area contributed by atoms with E-state index in [4.69, 9.17) is 37.8 Å². The predicted octanol–water partition coefficient (Wildman–Crippen LogP) is 2.63. The molecule has 4 aromatic rings. The monoisotopic (exact) mass is 888 g/mol. The number of carbonyl (C=O) groups excluding carboxylic acids is 2. The SMILES string of the molecule is C=CCOP(=O)(OCCC#N)O[C@H]1C[C@H](n2cnc(NC(=O)c3ccccc3)nc2=O)O[C@@H]1COC(OCCC#N)[C@H]1O[C@@H](n2cnc(NC(=O)c3ccccc3)nc2=O)C[C@@H]1O. The zero-order valence-corrected chi connectivity index (χ0v) is 34.2. The summed E-state index contributed by atoms with van der Waals surface area (Å²) in [5.41, 5.74) is -1.12. The number of aliphatic hydroxyl groups is 1. The average Bonchev–Trinajstić information content (AvgIpc) is 3.86. The molecule has 63 heavy (non-hydrogen) atoms. The molecule has 0 bridgehead atoms. The summed E-state index contributed by atoms with van der Waals surface area (Å²) in [6.07, 6.45) is -5.82. The molecule has 0 spiro atoms. The molecule has 2 aliphatic rings. The minimum atomic E-state index is -4.43. The molecule has 8 atom stereocenters. The summed E-state index contributed by atoms with van der Waals surface area (Å²) in [5, 5.41) is 34.4. The van der Waals surface area contributed by atoms with Crippen LogP contribution in [0.5, 0.6) is 0 Å². The van der Waals surface area contributed by atoms with Crippen LogP contribution in [0.2, 0.25) is 0 Å². The van der Waals surface area contributed by atoms with Gasteiger partial charge in [-0.1, -0.05) is 42.5 Å². The molecule has 2 aromatic heterocycles. The number of carbonyl (C=O) groups is 2. The molecule has 2 saturated heterocycles. The molecular formula is C39H41N10O13P. The van der Waals surface area contributed by atoms with Gasteiger partial charge in [0.25, 0.3) is 11.8 Å². The first-order chi connectivity index (χ1) is 30.5. The van der Waals surface area contributed by atoms with Gasteiger partial charge in [0.05, 0.1) is 57.5 Å². The van der Waals surface area contributed by atoms with E-state index in [1.165, 1.54) is 6.08 Å². The van der Waals surface area contributed by atoms with Gasteiger partial charge in [-0.2, -0.15) is 20.5 Å². The molecule has 0 radical (unpaired) electrons. The van der Waals surface area contributed by atoms with Crippen molar-refractivity contribution in [1.82, 2.24) is 29.1 Å². The van der Waals surface area contributed by atoms with Crippen molar-refractivity contribution in [1.29, 1.82) is 10.5 Å². The number of nitrogens with one attached hydrogen (secondary N) is 2. The van der Waals surface area contributed by atoms with E-state index in [2.05, 4.69) is 37.1 Å². The Morgan fingerprint density at radius 3 is 1.95 bits per heavy atom. The Morgan fingerprint density at radius 2 is 1.41 bits per heavy atom. The van der Waals surface area contributed by atoms with Crippen LogP contribution in [-0.2, 0) is 37.1 Å². The zero-order valence-electron chi connectivity index (χ0n) is 33.3. The third-order valence-electron chi connectivity index (χ3n) is 9.18. The second kappa shape index (κ2) is 22.1.